The number of aryl methyl sites for hydroxylation is 1. The maximum absolute atomic E-state index is 14.8. The van der Waals surface area contributed by atoms with E-state index in [0.29, 0.717) is 29.8 Å². The number of nitrogens with zero attached hydrogens (tertiary/aromatic N) is 3. The van der Waals surface area contributed by atoms with Crippen LogP contribution in [0.25, 0.3) is 11.3 Å². The second-order valence-electron chi connectivity index (χ2n) is 9.32. The molecule has 0 radical (unpaired) electrons. The standard InChI is InChI=1S/C29H23F2N5O3/c1-16-14-15-36-29(39-16)22(25(35-36)18-10-5-6-12-20(18)30)27(37)34-26-28(38)33-24-19(11-7-13-21(24)31)23(32-26)17-8-3-2-4-9-17/h2-13,16,26H,14-15H2,1H3,(H,33,38)(H,34,37)/t16?,26-/m1/s1. The molecule has 0 saturated heterocycles. The molecule has 2 amide bonds. The maximum atomic E-state index is 14.8. The molecule has 3 aromatic carbocycles. The molecule has 0 aliphatic carbocycles. The Balaban J connectivity index is 1.44. The highest BCUT2D eigenvalue weighted by Gasteiger charge is 2.34. The highest BCUT2D eigenvalue weighted by molar-refractivity contribution is 6.20. The van der Waals surface area contributed by atoms with E-state index >= 15 is 0 Å². The smallest absolute Gasteiger partial charge is 0.269 e. The summed E-state index contributed by atoms with van der Waals surface area (Å²) >= 11 is 0. The van der Waals surface area contributed by atoms with Crippen molar-refractivity contribution in [2.45, 2.75) is 32.2 Å². The molecule has 1 aromatic heterocycles. The van der Waals surface area contributed by atoms with Gasteiger partial charge in [-0.3, -0.25) is 9.59 Å². The van der Waals surface area contributed by atoms with Crippen LogP contribution >= 0.6 is 0 Å². The lowest BCUT2D eigenvalue weighted by Crippen LogP contribution is -2.42. The summed E-state index contributed by atoms with van der Waals surface area (Å²) in [6.45, 7) is 2.34. The molecule has 0 spiro atoms. The monoisotopic (exact) mass is 527 g/mol. The minimum Gasteiger partial charge on any atom is -0.474 e. The first-order chi connectivity index (χ1) is 18.9. The number of benzene rings is 3. The van der Waals surface area contributed by atoms with Crippen molar-refractivity contribution in [2.75, 3.05) is 5.32 Å². The van der Waals surface area contributed by atoms with E-state index in [-0.39, 0.29) is 34.5 Å². The first-order valence-corrected chi connectivity index (χ1v) is 12.5. The average Bonchev–Trinajstić information content (AvgIpc) is 3.24. The van der Waals surface area contributed by atoms with Crippen LogP contribution in [0, 0.1) is 11.6 Å². The number of benzodiazepines with no additional fused rings is 1. The third-order valence-electron chi connectivity index (χ3n) is 6.66. The maximum Gasteiger partial charge on any atom is 0.269 e. The van der Waals surface area contributed by atoms with Crippen molar-refractivity contribution in [2.24, 2.45) is 4.99 Å². The van der Waals surface area contributed by atoms with Gasteiger partial charge in [0, 0.05) is 29.7 Å². The molecule has 8 nitrogen and oxygen atoms in total. The summed E-state index contributed by atoms with van der Waals surface area (Å²) in [4.78, 5) is 31.6. The summed E-state index contributed by atoms with van der Waals surface area (Å²) in [7, 11) is 0. The van der Waals surface area contributed by atoms with E-state index < -0.39 is 29.6 Å². The van der Waals surface area contributed by atoms with Gasteiger partial charge in [-0.1, -0.05) is 54.6 Å². The predicted molar refractivity (Wildman–Crippen MR) is 141 cm³/mol. The highest BCUT2D eigenvalue weighted by atomic mass is 19.1. The summed E-state index contributed by atoms with van der Waals surface area (Å²) < 4.78 is 37.1. The van der Waals surface area contributed by atoms with E-state index in [9.17, 15) is 18.4 Å². The lowest BCUT2D eigenvalue weighted by Gasteiger charge is -2.22. The molecule has 196 valence electrons. The van der Waals surface area contributed by atoms with Crippen molar-refractivity contribution in [3.8, 4) is 17.1 Å². The third kappa shape index (κ3) is 4.43. The molecule has 2 aliphatic rings. The Labute approximate surface area is 222 Å². The quantitative estimate of drug-likeness (QED) is 0.407. The Bertz CT molecular complexity index is 1630. The van der Waals surface area contributed by atoms with Crippen LogP contribution in [-0.2, 0) is 11.3 Å². The number of carbonyl (C=O) groups is 2. The molecule has 2 aliphatic heterocycles. The van der Waals surface area contributed by atoms with Crippen LogP contribution in [-0.4, -0.2) is 39.6 Å². The number of para-hydroxylation sites is 1. The molecule has 2 atom stereocenters. The van der Waals surface area contributed by atoms with Crippen LogP contribution in [0.2, 0.25) is 0 Å². The van der Waals surface area contributed by atoms with Gasteiger partial charge in [0.15, 0.2) is 0 Å². The Kier molecular flexibility index (Phi) is 6.14. The summed E-state index contributed by atoms with van der Waals surface area (Å²) in [5.41, 5.74) is 1.49. The zero-order valence-electron chi connectivity index (χ0n) is 20.8. The fraction of sp³-hybridized carbons (Fsp3) is 0.172. The number of aromatic nitrogens is 2. The molecular formula is C29H23F2N5O3. The normalized spacial score (nSPS) is 18.1. The van der Waals surface area contributed by atoms with Gasteiger partial charge >= 0.3 is 0 Å². The van der Waals surface area contributed by atoms with Crippen molar-refractivity contribution < 1.29 is 23.1 Å². The van der Waals surface area contributed by atoms with Crippen molar-refractivity contribution in [1.29, 1.82) is 0 Å². The molecule has 39 heavy (non-hydrogen) atoms. The number of hydrogen-bond donors (Lipinski definition) is 2. The molecular weight excluding hydrogens is 504 g/mol. The summed E-state index contributed by atoms with van der Waals surface area (Å²) in [5.74, 6) is -2.47. The minimum absolute atomic E-state index is 0.0103. The Morgan fingerprint density at radius 3 is 2.51 bits per heavy atom. The van der Waals surface area contributed by atoms with Crippen LogP contribution in [0.15, 0.2) is 77.8 Å². The van der Waals surface area contributed by atoms with Crippen molar-refractivity contribution in [3.63, 3.8) is 0 Å². The fourth-order valence-corrected chi connectivity index (χ4v) is 4.74. The van der Waals surface area contributed by atoms with Gasteiger partial charge in [0.1, 0.15) is 22.9 Å². The second-order valence-corrected chi connectivity index (χ2v) is 9.32. The van der Waals surface area contributed by atoms with E-state index in [1.165, 1.54) is 28.9 Å². The molecule has 0 saturated carbocycles. The molecule has 3 heterocycles. The summed E-state index contributed by atoms with van der Waals surface area (Å²) in [5, 5.41) is 9.68. The number of hydrogen-bond acceptors (Lipinski definition) is 5. The van der Waals surface area contributed by atoms with Crippen LogP contribution in [0.5, 0.6) is 5.88 Å². The van der Waals surface area contributed by atoms with Gasteiger partial charge in [-0.25, -0.2) is 18.5 Å². The largest absolute Gasteiger partial charge is 0.474 e. The van der Waals surface area contributed by atoms with E-state index in [1.807, 2.05) is 13.0 Å². The number of halogens is 2. The lowest BCUT2D eigenvalue weighted by atomic mass is 10.0. The fourth-order valence-electron chi connectivity index (χ4n) is 4.74. The predicted octanol–water partition coefficient (Wildman–Crippen LogP) is 4.54. The van der Waals surface area contributed by atoms with Crippen molar-refractivity contribution >= 4 is 23.2 Å². The minimum atomic E-state index is -1.43. The van der Waals surface area contributed by atoms with Crippen molar-refractivity contribution in [3.05, 3.63) is 101 Å². The zero-order valence-corrected chi connectivity index (χ0v) is 20.8. The Morgan fingerprint density at radius 1 is 1.00 bits per heavy atom. The van der Waals surface area contributed by atoms with Crippen LogP contribution in [0.3, 0.4) is 0 Å². The molecule has 1 unspecified atom stereocenters. The molecule has 0 bridgehead atoms. The topological polar surface area (TPSA) is 97.6 Å². The van der Waals surface area contributed by atoms with Crippen LogP contribution in [0.4, 0.5) is 14.5 Å². The van der Waals surface area contributed by atoms with E-state index in [4.69, 9.17) is 4.74 Å². The van der Waals surface area contributed by atoms with Gasteiger partial charge < -0.3 is 15.4 Å². The van der Waals surface area contributed by atoms with Gasteiger partial charge in [0.2, 0.25) is 12.0 Å². The number of carbonyl (C=O) groups excluding carboxylic acids is 2. The Morgan fingerprint density at radius 2 is 1.72 bits per heavy atom. The number of rotatable bonds is 4. The summed E-state index contributed by atoms with van der Waals surface area (Å²) in [6, 6.07) is 19.4. The van der Waals surface area contributed by atoms with Crippen LogP contribution in [0.1, 0.15) is 34.8 Å². The summed E-state index contributed by atoms with van der Waals surface area (Å²) in [6.07, 6.45) is -0.966. The Hall–Kier alpha value is -4.86. The van der Waals surface area contributed by atoms with Crippen LogP contribution < -0.4 is 15.4 Å². The first kappa shape index (κ1) is 24.5. The molecule has 0 fully saturated rings. The van der Waals surface area contributed by atoms with Gasteiger partial charge in [0.25, 0.3) is 11.8 Å². The molecule has 6 rings (SSSR count). The average molecular weight is 528 g/mol. The van der Waals surface area contributed by atoms with Gasteiger partial charge in [-0.15, -0.1) is 0 Å². The first-order valence-electron chi connectivity index (χ1n) is 12.5. The third-order valence-corrected chi connectivity index (χ3v) is 6.66. The lowest BCUT2D eigenvalue weighted by molar-refractivity contribution is -0.117. The second kappa shape index (κ2) is 9.79. The number of anilines is 1. The molecule has 4 aromatic rings. The van der Waals surface area contributed by atoms with Gasteiger partial charge in [-0.2, -0.15) is 5.10 Å². The molecule has 10 heteroatoms. The zero-order chi connectivity index (χ0) is 27.1. The van der Waals surface area contributed by atoms with Gasteiger partial charge in [-0.05, 0) is 25.1 Å². The van der Waals surface area contributed by atoms with E-state index in [2.05, 4.69) is 20.7 Å². The molecule has 2 N–H and O–H groups in total. The number of amides is 2. The van der Waals surface area contributed by atoms with E-state index in [0.717, 1.165) is 0 Å². The number of aliphatic imine (C=N–C) groups is 1. The number of ether oxygens (including phenoxy) is 1. The SMILES string of the molecule is CC1CCn2nc(-c3ccccc3F)c(C(=O)N[C@H]3N=C(c4ccccc4)c4cccc(F)c4NC3=O)c2O1. The van der Waals surface area contributed by atoms with Gasteiger partial charge in [0.05, 0.1) is 17.5 Å². The van der Waals surface area contributed by atoms with Crippen molar-refractivity contribution in [1.82, 2.24) is 15.1 Å². The van der Waals surface area contributed by atoms with E-state index in [1.54, 1.807) is 42.5 Å². The number of fused-ring (bicyclic) bond motifs is 2. The number of nitrogens with one attached hydrogen (secondary N) is 2. The highest BCUT2D eigenvalue weighted by Crippen LogP contribution is 2.35.